The van der Waals surface area contributed by atoms with Crippen molar-refractivity contribution in [2.24, 2.45) is 23.7 Å². The summed E-state index contributed by atoms with van der Waals surface area (Å²) in [6, 6.07) is 10.3. The first-order chi connectivity index (χ1) is 26.3. The number of hydrogen-bond donors (Lipinski definition) is 5. The summed E-state index contributed by atoms with van der Waals surface area (Å²) in [5.41, 5.74) is 3.26. The van der Waals surface area contributed by atoms with Gasteiger partial charge in [0.25, 0.3) is 0 Å². The number of fused-ring (bicyclic) bond motifs is 2. The average molecular weight is 749 g/mol. The average Bonchev–Trinajstić information content (AvgIpc) is 3.63. The topological polar surface area (TPSA) is 186 Å². The van der Waals surface area contributed by atoms with E-state index in [1.807, 2.05) is 62.9 Å². The van der Waals surface area contributed by atoms with Crippen LogP contribution in [0.5, 0.6) is 0 Å². The molecule has 4 heterocycles. The van der Waals surface area contributed by atoms with E-state index in [0.717, 1.165) is 46.9 Å². The highest BCUT2D eigenvalue weighted by molar-refractivity contribution is 5.89. The molecule has 1 aliphatic carbocycles. The third-order valence-corrected chi connectivity index (χ3v) is 11.1. The fourth-order valence-electron chi connectivity index (χ4n) is 8.10. The molecule has 1 saturated carbocycles. The zero-order chi connectivity index (χ0) is 39.1. The highest BCUT2D eigenvalue weighted by Gasteiger charge is 2.56. The number of rotatable bonds is 9. The quantitative estimate of drug-likeness (QED) is 0.137. The Morgan fingerprint density at radius 3 is 2.27 bits per heavy atom. The Morgan fingerprint density at radius 1 is 0.855 bits per heavy atom. The van der Waals surface area contributed by atoms with E-state index in [9.17, 15) is 24.3 Å². The van der Waals surface area contributed by atoms with Gasteiger partial charge in [-0.1, -0.05) is 58.7 Å². The van der Waals surface area contributed by atoms with Crippen LogP contribution in [0.15, 0.2) is 48.8 Å². The van der Waals surface area contributed by atoms with Gasteiger partial charge in [-0.2, -0.15) is 0 Å². The zero-order valence-corrected chi connectivity index (χ0v) is 31.9. The maximum absolute atomic E-state index is 13.7. The molecule has 14 heteroatoms. The lowest BCUT2D eigenvalue weighted by Gasteiger charge is -2.31. The van der Waals surface area contributed by atoms with Crippen LogP contribution in [0.4, 0.5) is 9.59 Å². The largest absolute Gasteiger partial charge is 0.465 e. The fourth-order valence-corrected chi connectivity index (χ4v) is 8.10. The number of methoxy groups -OCH3 is 1. The molecule has 2 aromatic carbocycles. The van der Waals surface area contributed by atoms with Crippen molar-refractivity contribution in [1.29, 1.82) is 0 Å². The molecule has 3 fully saturated rings. The van der Waals surface area contributed by atoms with Crippen molar-refractivity contribution in [3.05, 3.63) is 71.7 Å². The molecule has 0 spiro atoms. The number of aromatic amines is 2. The van der Waals surface area contributed by atoms with Crippen molar-refractivity contribution < 1.29 is 29.0 Å². The van der Waals surface area contributed by atoms with Crippen LogP contribution < -0.4 is 10.6 Å². The van der Waals surface area contributed by atoms with Gasteiger partial charge >= 0.3 is 12.2 Å². The van der Waals surface area contributed by atoms with Gasteiger partial charge in [-0.25, -0.2) is 19.6 Å². The number of amides is 4. The minimum Gasteiger partial charge on any atom is -0.465 e. The Bertz CT molecular complexity index is 2180. The Hall–Kier alpha value is -5.84. The van der Waals surface area contributed by atoms with E-state index in [1.54, 1.807) is 17.3 Å². The number of ether oxygens (including phenoxy) is 1. The number of aromatic nitrogens is 4. The van der Waals surface area contributed by atoms with Crippen molar-refractivity contribution in [3.63, 3.8) is 0 Å². The van der Waals surface area contributed by atoms with Crippen LogP contribution in [0.1, 0.15) is 88.9 Å². The fraction of sp³-hybridized carbons (Fsp3) is 0.463. The number of imidazole rings is 2. The van der Waals surface area contributed by atoms with Gasteiger partial charge in [0.05, 0.1) is 37.3 Å². The van der Waals surface area contributed by atoms with Crippen LogP contribution in [-0.2, 0) is 14.3 Å². The number of nitrogens with one attached hydrogen (secondary N) is 4. The maximum atomic E-state index is 13.7. The number of carbonyl (C=O) groups is 4. The maximum Gasteiger partial charge on any atom is 0.407 e. The molecule has 55 heavy (non-hydrogen) atoms. The van der Waals surface area contributed by atoms with Crippen LogP contribution in [-0.4, -0.2) is 90.6 Å². The molecule has 7 atom stereocenters. The van der Waals surface area contributed by atoms with E-state index < -0.39 is 24.3 Å². The Morgan fingerprint density at radius 2 is 1.55 bits per heavy atom. The smallest absolute Gasteiger partial charge is 0.407 e. The number of nitrogens with zero attached hydrogens (tertiary/aromatic N) is 4. The van der Waals surface area contributed by atoms with Crippen molar-refractivity contribution in [2.75, 3.05) is 13.7 Å². The van der Waals surface area contributed by atoms with Gasteiger partial charge < -0.3 is 40.2 Å². The molecule has 288 valence electrons. The number of alkyl carbamates (subject to hydrolysis) is 1. The predicted molar refractivity (Wildman–Crippen MR) is 204 cm³/mol. The molecule has 4 aromatic rings. The molecule has 7 rings (SSSR count). The summed E-state index contributed by atoms with van der Waals surface area (Å²) in [5, 5.41) is 16.5. The van der Waals surface area contributed by atoms with Crippen LogP contribution in [0.25, 0.3) is 22.0 Å². The van der Waals surface area contributed by atoms with E-state index in [4.69, 9.17) is 4.74 Å². The van der Waals surface area contributed by atoms with E-state index in [0.29, 0.717) is 29.8 Å². The number of hydrogen-bond acceptors (Lipinski definition) is 7. The van der Waals surface area contributed by atoms with Crippen molar-refractivity contribution in [3.8, 4) is 23.1 Å². The molecule has 3 aliphatic rings. The third kappa shape index (κ3) is 7.74. The number of likely N-dealkylation sites (tertiary alicyclic amines) is 2. The normalized spacial score (nSPS) is 22.6. The van der Waals surface area contributed by atoms with Gasteiger partial charge in [-0.3, -0.25) is 9.59 Å². The minimum atomic E-state index is -1.22. The Balaban J connectivity index is 1.04. The first-order valence-electron chi connectivity index (χ1n) is 18.9. The van der Waals surface area contributed by atoms with E-state index >= 15 is 0 Å². The van der Waals surface area contributed by atoms with E-state index in [-0.39, 0.29) is 47.7 Å². The van der Waals surface area contributed by atoms with E-state index in [1.165, 1.54) is 7.11 Å². The van der Waals surface area contributed by atoms with Gasteiger partial charge in [0.2, 0.25) is 11.8 Å². The van der Waals surface area contributed by atoms with Crippen LogP contribution in [0.2, 0.25) is 0 Å². The highest BCUT2D eigenvalue weighted by atomic mass is 16.5. The molecule has 14 nitrogen and oxygen atoms in total. The van der Waals surface area contributed by atoms with Crippen LogP contribution >= 0.6 is 0 Å². The summed E-state index contributed by atoms with van der Waals surface area (Å²) in [6.45, 7) is 10.1. The Kier molecular flexibility index (Phi) is 10.3. The van der Waals surface area contributed by atoms with Crippen molar-refractivity contribution >= 4 is 34.8 Å². The lowest BCUT2D eigenvalue weighted by atomic mass is 10.0. The predicted octanol–water partition coefficient (Wildman–Crippen LogP) is 5.60. The summed E-state index contributed by atoms with van der Waals surface area (Å²) in [4.78, 5) is 70.3. The molecule has 0 bridgehead atoms. The SMILES string of the molecule is COC(=O)N[C@H](C(=O)N1[C@@H]2C[C@@H]2C[C@H]1c1ncc(C#Cc2ccc3cc(-c4cnc([C@@H]5C[C@H](C)CN5C(=O)[C@@H](NC(=O)O)C(C)C)[nH]4)ccc3c2)[nH]1)C(C)C. The molecule has 2 saturated heterocycles. The highest BCUT2D eigenvalue weighted by Crippen LogP contribution is 2.53. The monoisotopic (exact) mass is 748 g/mol. The third-order valence-electron chi connectivity index (χ3n) is 11.1. The first kappa shape index (κ1) is 37.5. The number of carbonyl (C=O) groups excluding carboxylic acids is 3. The standard InChI is InChI=1S/C41H48N8O6/c1-21(2)34(46-40(52)53)38(50)48-20-23(5)13-32(48)36-43-19-30(45-36)27-11-10-25-14-24(7-9-26(25)15-27)8-12-29-18-42-37(44-29)33-17-28-16-31(28)49(33)39(51)35(22(3)4)47-41(54)55-6/h7,9-11,14-15,18-19,21-23,28,31-35,46H,13,16-17,20H2,1-6H3,(H,42,44)(H,43,45)(H,47,54)(H,52,53)/t23-,28+,31+,32-,33-,34-,35-/m0/s1. The zero-order valence-electron chi connectivity index (χ0n) is 31.9. The van der Waals surface area contributed by atoms with Gasteiger partial charge in [0.1, 0.15) is 29.4 Å². The lowest BCUT2D eigenvalue weighted by molar-refractivity contribution is -0.137. The second-order valence-electron chi connectivity index (χ2n) is 15.8. The summed E-state index contributed by atoms with van der Waals surface area (Å²) in [6.07, 6.45) is 4.14. The van der Waals surface area contributed by atoms with Gasteiger partial charge in [-0.05, 0) is 77.8 Å². The summed E-state index contributed by atoms with van der Waals surface area (Å²) >= 11 is 0. The number of benzene rings is 2. The number of H-pyrrole nitrogens is 2. The second kappa shape index (κ2) is 15.1. The van der Waals surface area contributed by atoms with Gasteiger partial charge in [0.15, 0.2) is 0 Å². The summed E-state index contributed by atoms with van der Waals surface area (Å²) in [5.74, 6) is 7.81. The molecular weight excluding hydrogens is 701 g/mol. The Labute approximate surface area is 319 Å². The van der Waals surface area contributed by atoms with Crippen LogP contribution in [0.3, 0.4) is 0 Å². The number of piperidine rings is 1. The van der Waals surface area contributed by atoms with Crippen molar-refractivity contribution in [2.45, 2.75) is 84.1 Å². The van der Waals surface area contributed by atoms with Gasteiger partial charge in [0, 0.05) is 23.7 Å². The molecule has 2 aromatic heterocycles. The molecule has 2 aliphatic heterocycles. The molecule has 4 amide bonds. The summed E-state index contributed by atoms with van der Waals surface area (Å²) < 4.78 is 4.77. The molecule has 0 radical (unpaired) electrons. The minimum absolute atomic E-state index is 0.111. The van der Waals surface area contributed by atoms with E-state index in [2.05, 4.69) is 55.4 Å². The van der Waals surface area contributed by atoms with Gasteiger partial charge in [-0.15, -0.1) is 0 Å². The lowest BCUT2D eigenvalue weighted by Crippen LogP contribution is -2.52. The van der Waals surface area contributed by atoms with Crippen molar-refractivity contribution in [1.82, 2.24) is 40.4 Å². The van der Waals surface area contributed by atoms with Crippen LogP contribution in [0, 0.1) is 35.5 Å². The number of carboxylic acid groups (broad SMARTS) is 1. The molecule has 5 N–H and O–H groups in total. The molecule has 0 unspecified atom stereocenters. The second-order valence-corrected chi connectivity index (χ2v) is 15.8. The first-order valence-corrected chi connectivity index (χ1v) is 18.9. The molecular formula is C41H48N8O6. The summed E-state index contributed by atoms with van der Waals surface area (Å²) in [7, 11) is 1.29.